The van der Waals surface area contributed by atoms with Gasteiger partial charge in [-0.25, -0.2) is 0 Å². The van der Waals surface area contributed by atoms with Crippen LogP contribution in [0.2, 0.25) is 0 Å². The fourth-order valence-corrected chi connectivity index (χ4v) is 2.55. The van der Waals surface area contributed by atoms with Crippen LogP contribution in [0.15, 0.2) is 35.3 Å². The van der Waals surface area contributed by atoms with Crippen LogP contribution in [0.3, 0.4) is 0 Å². The van der Waals surface area contributed by atoms with E-state index >= 15 is 0 Å². The second-order valence-corrected chi connectivity index (χ2v) is 5.16. The van der Waals surface area contributed by atoms with Gasteiger partial charge < -0.3 is 10.2 Å². The number of piperazine rings is 1. The van der Waals surface area contributed by atoms with Crippen molar-refractivity contribution in [2.75, 3.05) is 19.6 Å². The van der Waals surface area contributed by atoms with Crippen molar-refractivity contribution in [2.24, 2.45) is 0 Å². The number of benzene rings is 1. The molecular weight excluding hydrogens is 284 g/mol. The number of para-hydroxylation sites is 1. The first-order valence-corrected chi connectivity index (χ1v) is 7.14. The lowest BCUT2D eigenvalue weighted by atomic mass is 10.2. The van der Waals surface area contributed by atoms with Crippen LogP contribution in [0.4, 0.5) is 0 Å². The van der Waals surface area contributed by atoms with E-state index in [1.807, 2.05) is 12.1 Å². The van der Waals surface area contributed by atoms with E-state index in [1.54, 1.807) is 21.7 Å². The molecule has 22 heavy (non-hydrogen) atoms. The average Bonchev–Trinajstić information content (AvgIpc) is 2.54. The molecule has 0 radical (unpaired) electrons. The Kier molecular flexibility index (Phi) is 3.86. The van der Waals surface area contributed by atoms with Crippen LogP contribution in [0.25, 0.3) is 10.9 Å². The van der Waals surface area contributed by atoms with Crippen molar-refractivity contribution in [3.8, 4) is 0 Å². The van der Waals surface area contributed by atoms with Crippen LogP contribution in [0.1, 0.15) is 6.42 Å². The number of hydrogen-bond acceptors (Lipinski definition) is 4. The quantitative estimate of drug-likeness (QED) is 0.847. The molecular formula is C15H16N4O3. The van der Waals surface area contributed by atoms with Gasteiger partial charge in [0.15, 0.2) is 0 Å². The van der Waals surface area contributed by atoms with Crippen molar-refractivity contribution in [1.29, 1.82) is 0 Å². The number of nitrogens with zero attached hydrogens (tertiary/aromatic N) is 3. The Bertz CT molecular complexity index is 784. The highest BCUT2D eigenvalue weighted by Gasteiger charge is 2.20. The third-order valence-corrected chi connectivity index (χ3v) is 3.69. The molecule has 1 fully saturated rings. The fraction of sp³-hybridized carbons (Fsp3) is 0.333. The summed E-state index contributed by atoms with van der Waals surface area (Å²) in [4.78, 5) is 36.8. The molecule has 7 heteroatoms. The van der Waals surface area contributed by atoms with Crippen molar-refractivity contribution in [2.45, 2.75) is 13.0 Å². The molecule has 0 spiro atoms. The highest BCUT2D eigenvalue weighted by molar-refractivity contribution is 5.86. The molecule has 0 saturated carbocycles. The van der Waals surface area contributed by atoms with Crippen LogP contribution < -0.4 is 10.7 Å². The molecule has 1 aromatic carbocycles. The minimum absolute atomic E-state index is 0.0839. The Labute approximate surface area is 126 Å². The predicted octanol–water partition coefficient (Wildman–Crippen LogP) is -0.255. The summed E-state index contributed by atoms with van der Waals surface area (Å²) in [5.74, 6) is -0.217. The van der Waals surface area contributed by atoms with Crippen LogP contribution in [-0.2, 0) is 16.1 Å². The van der Waals surface area contributed by atoms with Gasteiger partial charge in [0.05, 0.1) is 24.8 Å². The van der Waals surface area contributed by atoms with Crippen LogP contribution in [0, 0.1) is 0 Å². The van der Waals surface area contributed by atoms with Gasteiger partial charge in [-0.3, -0.25) is 19.1 Å². The summed E-state index contributed by atoms with van der Waals surface area (Å²) in [5, 5.41) is 7.36. The Balaban J connectivity index is 1.74. The third-order valence-electron chi connectivity index (χ3n) is 3.69. The number of hydrogen-bond donors (Lipinski definition) is 1. The summed E-state index contributed by atoms with van der Waals surface area (Å²) in [7, 11) is 0. The number of nitrogens with one attached hydrogen (secondary N) is 1. The molecule has 3 rings (SSSR count). The topological polar surface area (TPSA) is 84.3 Å². The lowest BCUT2D eigenvalue weighted by Gasteiger charge is -2.26. The second kappa shape index (κ2) is 5.97. The summed E-state index contributed by atoms with van der Waals surface area (Å²) < 4.78 is 1.65. The minimum atomic E-state index is -0.133. The van der Waals surface area contributed by atoms with Crippen molar-refractivity contribution in [3.63, 3.8) is 0 Å². The zero-order valence-electron chi connectivity index (χ0n) is 12.0. The number of aromatic nitrogens is 2. The normalized spacial score (nSPS) is 14.9. The number of aryl methyl sites for hydroxylation is 1. The maximum Gasteiger partial charge on any atom is 0.239 e. The lowest BCUT2D eigenvalue weighted by Crippen LogP contribution is -2.50. The van der Waals surface area contributed by atoms with Crippen molar-refractivity contribution >= 4 is 22.7 Å². The highest BCUT2D eigenvalue weighted by Crippen LogP contribution is 2.09. The molecule has 0 aliphatic carbocycles. The molecule has 2 amide bonds. The Morgan fingerprint density at radius 1 is 1.27 bits per heavy atom. The zero-order valence-corrected chi connectivity index (χ0v) is 12.0. The SMILES string of the molecule is O=C1CN(C(=O)CCn2ncc(=O)c3ccccc32)CCN1. The maximum absolute atomic E-state index is 12.2. The molecule has 2 aromatic rings. The van der Waals surface area contributed by atoms with Crippen molar-refractivity contribution in [1.82, 2.24) is 20.0 Å². The number of carbonyl (C=O) groups is 2. The van der Waals surface area contributed by atoms with E-state index < -0.39 is 0 Å². The van der Waals surface area contributed by atoms with E-state index in [1.165, 1.54) is 6.20 Å². The van der Waals surface area contributed by atoms with Crippen LogP contribution in [-0.4, -0.2) is 46.1 Å². The molecule has 0 atom stereocenters. The first-order chi connectivity index (χ1) is 10.6. The van der Waals surface area contributed by atoms with Gasteiger partial charge in [-0.05, 0) is 12.1 Å². The minimum Gasteiger partial charge on any atom is -0.353 e. The number of rotatable bonds is 3. The van der Waals surface area contributed by atoms with E-state index in [0.29, 0.717) is 30.5 Å². The number of carbonyl (C=O) groups excluding carboxylic acids is 2. The molecule has 1 saturated heterocycles. The smallest absolute Gasteiger partial charge is 0.239 e. The van der Waals surface area contributed by atoms with E-state index in [2.05, 4.69) is 10.4 Å². The van der Waals surface area contributed by atoms with E-state index in [-0.39, 0.29) is 30.2 Å². The van der Waals surface area contributed by atoms with E-state index in [0.717, 1.165) is 0 Å². The zero-order chi connectivity index (χ0) is 15.5. The van der Waals surface area contributed by atoms with Gasteiger partial charge in [-0.1, -0.05) is 12.1 Å². The largest absolute Gasteiger partial charge is 0.353 e. The van der Waals surface area contributed by atoms with E-state index in [4.69, 9.17) is 0 Å². The summed E-state index contributed by atoms with van der Waals surface area (Å²) in [6.07, 6.45) is 1.51. The van der Waals surface area contributed by atoms with Crippen LogP contribution >= 0.6 is 0 Å². The van der Waals surface area contributed by atoms with Gasteiger partial charge in [-0.15, -0.1) is 0 Å². The number of fused-ring (bicyclic) bond motifs is 1. The second-order valence-electron chi connectivity index (χ2n) is 5.16. The molecule has 2 heterocycles. The van der Waals surface area contributed by atoms with Gasteiger partial charge in [0.25, 0.3) is 0 Å². The Morgan fingerprint density at radius 2 is 2.09 bits per heavy atom. The molecule has 1 aliphatic heterocycles. The van der Waals surface area contributed by atoms with Gasteiger partial charge in [0, 0.05) is 24.9 Å². The molecule has 7 nitrogen and oxygen atoms in total. The number of amides is 2. The third kappa shape index (κ3) is 2.83. The van der Waals surface area contributed by atoms with Gasteiger partial charge in [-0.2, -0.15) is 5.10 Å². The summed E-state index contributed by atoms with van der Waals surface area (Å²) in [6.45, 7) is 1.50. The molecule has 1 aliphatic rings. The summed E-state index contributed by atoms with van der Waals surface area (Å²) >= 11 is 0. The Morgan fingerprint density at radius 3 is 2.91 bits per heavy atom. The molecule has 0 unspecified atom stereocenters. The van der Waals surface area contributed by atoms with Gasteiger partial charge in [0.1, 0.15) is 0 Å². The molecule has 1 N–H and O–H groups in total. The lowest BCUT2D eigenvalue weighted by molar-refractivity contribution is -0.138. The average molecular weight is 300 g/mol. The predicted molar refractivity (Wildman–Crippen MR) is 80.2 cm³/mol. The monoisotopic (exact) mass is 300 g/mol. The van der Waals surface area contributed by atoms with Crippen molar-refractivity contribution in [3.05, 3.63) is 40.7 Å². The molecule has 114 valence electrons. The first-order valence-electron chi connectivity index (χ1n) is 7.14. The molecule has 0 bridgehead atoms. The van der Waals surface area contributed by atoms with Crippen molar-refractivity contribution < 1.29 is 9.59 Å². The van der Waals surface area contributed by atoms with E-state index in [9.17, 15) is 14.4 Å². The van der Waals surface area contributed by atoms with Gasteiger partial charge in [0.2, 0.25) is 17.2 Å². The Hall–Kier alpha value is -2.70. The standard InChI is InChI=1S/C15H16N4O3/c20-13-9-17-19(12-4-2-1-3-11(12)13)7-5-15(22)18-8-6-16-14(21)10-18/h1-4,9H,5-8,10H2,(H,16,21). The molecule has 1 aromatic heterocycles. The van der Waals surface area contributed by atoms with Crippen LogP contribution in [0.5, 0.6) is 0 Å². The summed E-state index contributed by atoms with van der Waals surface area (Å²) in [5.41, 5.74) is 0.574. The fourth-order valence-electron chi connectivity index (χ4n) is 2.55. The first kappa shape index (κ1) is 14.2. The highest BCUT2D eigenvalue weighted by atomic mass is 16.2. The summed E-state index contributed by atoms with van der Waals surface area (Å²) in [6, 6.07) is 7.18. The van der Waals surface area contributed by atoms with Gasteiger partial charge >= 0.3 is 0 Å². The maximum atomic E-state index is 12.2.